The summed E-state index contributed by atoms with van der Waals surface area (Å²) in [5.41, 5.74) is 10.5. The van der Waals surface area contributed by atoms with E-state index in [-0.39, 0.29) is 19.0 Å². The Morgan fingerprint density at radius 2 is 2.17 bits per heavy atom. The van der Waals surface area contributed by atoms with Crippen molar-refractivity contribution in [3.8, 4) is 0 Å². The molecule has 0 unspecified atom stereocenters. The maximum atomic E-state index is 10.5. The van der Waals surface area contributed by atoms with Crippen LogP contribution in [-0.2, 0) is 11.3 Å². The number of carbonyl (C=O) groups is 1. The van der Waals surface area contributed by atoms with Gasteiger partial charge in [0.1, 0.15) is 0 Å². The topological polar surface area (TPSA) is 73.0 Å². The van der Waals surface area contributed by atoms with E-state index in [4.69, 9.17) is 11.5 Å². The monoisotopic (exact) mass is 187 g/mol. The van der Waals surface area contributed by atoms with Crippen LogP contribution in [0.1, 0.15) is 0 Å². The fourth-order valence-electron chi connectivity index (χ4n) is 0.801. The van der Waals surface area contributed by atoms with Crippen molar-refractivity contribution in [1.29, 1.82) is 0 Å². The lowest BCUT2D eigenvalue weighted by molar-refractivity contribution is -0.669. The molecule has 5 heteroatoms. The Balaban J connectivity index is 0.00000121. The Morgan fingerprint density at radius 3 is 2.67 bits per heavy atom. The highest BCUT2D eigenvalue weighted by Crippen LogP contribution is 1.89. The van der Waals surface area contributed by atoms with Crippen molar-refractivity contribution in [2.45, 2.75) is 6.54 Å². The fraction of sp³-hybridized carbons (Fsp3) is 0.143. The zero-order chi connectivity index (χ0) is 8.27. The Bertz CT molecular complexity index is 277. The van der Waals surface area contributed by atoms with Crippen molar-refractivity contribution in [3.05, 3.63) is 24.4 Å². The van der Waals surface area contributed by atoms with E-state index < -0.39 is 5.91 Å². The quantitative estimate of drug-likeness (QED) is 0.464. The molecule has 0 aliphatic rings. The van der Waals surface area contributed by atoms with E-state index in [9.17, 15) is 4.79 Å². The lowest BCUT2D eigenvalue weighted by Gasteiger charge is -1.97. The van der Waals surface area contributed by atoms with Crippen molar-refractivity contribution in [2.75, 3.05) is 5.73 Å². The minimum atomic E-state index is -0.395. The van der Waals surface area contributed by atoms with Gasteiger partial charge in [-0.25, -0.2) is 4.57 Å². The summed E-state index contributed by atoms with van der Waals surface area (Å²) >= 11 is 0. The fourth-order valence-corrected chi connectivity index (χ4v) is 0.801. The minimum absolute atomic E-state index is 0. The third kappa shape index (κ3) is 2.75. The molecule has 1 rings (SSSR count). The highest BCUT2D eigenvalue weighted by Gasteiger charge is 2.04. The Labute approximate surface area is 76.6 Å². The molecular weight excluding hydrogens is 178 g/mol. The molecule has 0 fully saturated rings. The van der Waals surface area contributed by atoms with Gasteiger partial charge in [-0.15, -0.1) is 0 Å². The maximum absolute atomic E-state index is 10.5. The van der Waals surface area contributed by atoms with Gasteiger partial charge in [0, 0.05) is 6.07 Å². The van der Waals surface area contributed by atoms with Gasteiger partial charge < -0.3 is 18.1 Å². The van der Waals surface area contributed by atoms with E-state index >= 15 is 0 Å². The number of pyridine rings is 1. The summed E-state index contributed by atoms with van der Waals surface area (Å²) in [4.78, 5) is 10.5. The average Bonchev–Trinajstić information content (AvgIpc) is 1.93. The number of nitrogen functional groups attached to an aromatic ring is 1. The molecule has 4 nitrogen and oxygen atoms in total. The minimum Gasteiger partial charge on any atom is -1.00 e. The van der Waals surface area contributed by atoms with Crippen molar-refractivity contribution in [1.82, 2.24) is 0 Å². The largest absolute Gasteiger partial charge is 1.00 e. The van der Waals surface area contributed by atoms with Crippen molar-refractivity contribution < 1.29 is 21.8 Å². The first-order chi connectivity index (χ1) is 5.20. The molecule has 4 N–H and O–H groups in total. The van der Waals surface area contributed by atoms with E-state index in [1.54, 1.807) is 29.0 Å². The highest BCUT2D eigenvalue weighted by atomic mass is 35.5. The molecule has 1 aromatic rings. The van der Waals surface area contributed by atoms with Crippen LogP contribution in [0.3, 0.4) is 0 Å². The van der Waals surface area contributed by atoms with Crippen LogP contribution in [0.5, 0.6) is 0 Å². The van der Waals surface area contributed by atoms with Gasteiger partial charge in [0.2, 0.25) is 0 Å². The second-order valence-corrected chi connectivity index (χ2v) is 2.22. The van der Waals surface area contributed by atoms with Crippen molar-refractivity contribution in [2.24, 2.45) is 5.73 Å². The molecule has 0 saturated carbocycles. The molecule has 0 bridgehead atoms. The number of hydrogen-bond donors (Lipinski definition) is 2. The van der Waals surface area contributed by atoms with Crippen LogP contribution < -0.4 is 28.4 Å². The molecule has 1 amide bonds. The molecule has 12 heavy (non-hydrogen) atoms. The number of amides is 1. The number of primary amides is 1. The number of halogens is 1. The van der Waals surface area contributed by atoms with E-state index in [1.165, 1.54) is 0 Å². The van der Waals surface area contributed by atoms with Crippen molar-refractivity contribution >= 4 is 11.7 Å². The SMILES string of the molecule is NC(=O)C[n+]1ccccc1N.[Cl-]. The predicted molar refractivity (Wildman–Crippen MR) is 40.2 cm³/mol. The zero-order valence-electron chi connectivity index (χ0n) is 6.40. The van der Waals surface area contributed by atoms with Gasteiger partial charge in [0.05, 0.1) is 6.20 Å². The zero-order valence-corrected chi connectivity index (χ0v) is 7.16. The number of nitrogens with two attached hydrogens (primary N) is 2. The summed E-state index contributed by atoms with van der Waals surface area (Å²) in [6.45, 7) is 0.132. The summed E-state index contributed by atoms with van der Waals surface area (Å²) in [6, 6.07) is 5.30. The summed E-state index contributed by atoms with van der Waals surface area (Å²) in [5.74, 6) is 0.138. The van der Waals surface area contributed by atoms with E-state index in [0.717, 1.165) is 0 Å². The average molecular weight is 188 g/mol. The first kappa shape index (κ1) is 10.7. The van der Waals surface area contributed by atoms with Gasteiger partial charge in [-0.3, -0.25) is 10.5 Å². The number of anilines is 1. The maximum Gasteiger partial charge on any atom is 0.272 e. The number of aromatic nitrogens is 1. The molecule has 0 aliphatic heterocycles. The second-order valence-electron chi connectivity index (χ2n) is 2.22. The first-order valence-corrected chi connectivity index (χ1v) is 3.22. The molecule has 0 aromatic carbocycles. The second kappa shape index (κ2) is 4.56. The molecular formula is C7H10ClN3O. The van der Waals surface area contributed by atoms with Crippen LogP contribution >= 0.6 is 0 Å². The van der Waals surface area contributed by atoms with Gasteiger partial charge in [-0.05, 0) is 6.07 Å². The summed E-state index contributed by atoms with van der Waals surface area (Å²) in [6.07, 6.45) is 1.71. The predicted octanol–water partition coefficient (Wildman–Crippen LogP) is -3.95. The highest BCUT2D eigenvalue weighted by molar-refractivity contribution is 5.72. The summed E-state index contributed by atoms with van der Waals surface area (Å²) in [7, 11) is 0. The Hall–Kier alpha value is -1.29. The molecule has 0 aliphatic carbocycles. The van der Waals surface area contributed by atoms with Gasteiger partial charge in [-0.1, -0.05) is 6.07 Å². The molecule has 0 radical (unpaired) electrons. The lowest BCUT2D eigenvalue weighted by Crippen LogP contribution is -3.00. The number of carbonyl (C=O) groups excluding carboxylic acids is 1. The first-order valence-electron chi connectivity index (χ1n) is 3.22. The summed E-state index contributed by atoms with van der Waals surface area (Å²) in [5, 5.41) is 0. The van der Waals surface area contributed by atoms with Crippen LogP contribution in [0.25, 0.3) is 0 Å². The number of rotatable bonds is 2. The molecule has 1 aromatic heterocycles. The van der Waals surface area contributed by atoms with Crippen LogP contribution in [-0.4, -0.2) is 5.91 Å². The Kier molecular flexibility index (Phi) is 4.07. The molecule has 0 spiro atoms. The van der Waals surface area contributed by atoms with Gasteiger partial charge in [-0.2, -0.15) is 0 Å². The van der Waals surface area contributed by atoms with E-state index in [0.29, 0.717) is 5.82 Å². The third-order valence-corrected chi connectivity index (χ3v) is 1.30. The van der Waals surface area contributed by atoms with Crippen LogP contribution in [0.4, 0.5) is 5.82 Å². The Morgan fingerprint density at radius 1 is 1.50 bits per heavy atom. The van der Waals surface area contributed by atoms with Crippen LogP contribution in [0.2, 0.25) is 0 Å². The third-order valence-electron chi connectivity index (χ3n) is 1.30. The van der Waals surface area contributed by atoms with Crippen LogP contribution in [0, 0.1) is 0 Å². The van der Waals surface area contributed by atoms with Crippen molar-refractivity contribution in [3.63, 3.8) is 0 Å². The molecule has 1 heterocycles. The summed E-state index contributed by atoms with van der Waals surface area (Å²) < 4.78 is 1.59. The molecule has 0 saturated heterocycles. The van der Waals surface area contributed by atoms with E-state index in [1.807, 2.05) is 0 Å². The number of hydrogen-bond acceptors (Lipinski definition) is 2. The van der Waals surface area contributed by atoms with E-state index in [2.05, 4.69) is 0 Å². The normalized spacial score (nSPS) is 8.67. The molecule has 66 valence electrons. The van der Waals surface area contributed by atoms with Crippen LogP contribution in [0.15, 0.2) is 24.4 Å². The van der Waals surface area contributed by atoms with Gasteiger partial charge in [0.15, 0.2) is 6.54 Å². The van der Waals surface area contributed by atoms with Gasteiger partial charge >= 0.3 is 0 Å². The number of nitrogens with zero attached hydrogens (tertiary/aromatic N) is 1. The standard InChI is InChI=1S/C7H9N3O.ClH/c8-6-3-1-2-4-10(6)5-7(9)11;/h1-4,8H,5H2,(H2,9,11);1H. The van der Waals surface area contributed by atoms with Gasteiger partial charge in [0.25, 0.3) is 11.7 Å². The molecule has 0 atom stereocenters. The smallest absolute Gasteiger partial charge is 0.272 e. The lowest BCUT2D eigenvalue weighted by atomic mass is 10.4.